The number of esters is 1. The molecule has 114 valence electrons. The van der Waals surface area contributed by atoms with Gasteiger partial charge in [-0.25, -0.2) is 4.79 Å². The Morgan fingerprint density at radius 1 is 1.30 bits per heavy atom. The second-order valence-corrected chi connectivity index (χ2v) is 6.41. The summed E-state index contributed by atoms with van der Waals surface area (Å²) in [5.74, 6) is 1.36. The molecule has 0 heterocycles. The summed E-state index contributed by atoms with van der Waals surface area (Å²) in [4.78, 5) is 11.4. The van der Waals surface area contributed by atoms with Crippen molar-refractivity contribution in [3.63, 3.8) is 0 Å². The molecule has 2 nitrogen and oxygen atoms in total. The van der Waals surface area contributed by atoms with Crippen molar-refractivity contribution in [2.24, 2.45) is 11.8 Å². The molecule has 0 aromatic heterocycles. The predicted octanol–water partition coefficient (Wildman–Crippen LogP) is 5.05. The summed E-state index contributed by atoms with van der Waals surface area (Å²) in [6, 6.07) is 0. The lowest BCUT2D eigenvalue weighted by Gasteiger charge is -2.12. The Bertz CT molecular complexity index is 364. The van der Waals surface area contributed by atoms with E-state index in [1.165, 1.54) is 31.3 Å². The van der Waals surface area contributed by atoms with Gasteiger partial charge >= 0.3 is 5.97 Å². The molecule has 1 aliphatic rings. The summed E-state index contributed by atoms with van der Waals surface area (Å²) < 4.78 is 4.95. The molecular weight excluding hydrogens is 248 g/mol. The Labute approximate surface area is 124 Å². The second-order valence-electron chi connectivity index (χ2n) is 6.41. The van der Waals surface area contributed by atoms with E-state index in [-0.39, 0.29) is 5.97 Å². The zero-order valence-electron chi connectivity index (χ0n) is 13.6. The van der Waals surface area contributed by atoms with Gasteiger partial charge in [-0.3, -0.25) is 0 Å². The first-order valence-corrected chi connectivity index (χ1v) is 8.08. The molecule has 1 rings (SSSR count). The molecule has 0 saturated heterocycles. The first kappa shape index (κ1) is 17.0. The molecule has 1 atom stereocenters. The summed E-state index contributed by atoms with van der Waals surface area (Å²) in [7, 11) is 0. The first-order chi connectivity index (χ1) is 9.51. The van der Waals surface area contributed by atoms with Crippen molar-refractivity contribution in [3.8, 4) is 0 Å². The van der Waals surface area contributed by atoms with Gasteiger partial charge < -0.3 is 4.74 Å². The fraction of sp³-hybridized carbons (Fsp3) is 0.722. The number of allylic oxidation sites excluding steroid dienone is 3. The van der Waals surface area contributed by atoms with Gasteiger partial charge in [0, 0.05) is 6.08 Å². The van der Waals surface area contributed by atoms with Crippen LogP contribution in [0.4, 0.5) is 0 Å². The zero-order chi connectivity index (χ0) is 15.0. The van der Waals surface area contributed by atoms with Gasteiger partial charge in [-0.1, -0.05) is 51.7 Å². The van der Waals surface area contributed by atoms with Crippen molar-refractivity contribution in [2.45, 2.75) is 66.2 Å². The predicted molar refractivity (Wildman–Crippen MR) is 84.5 cm³/mol. The molecule has 0 N–H and O–H groups in total. The molecule has 0 aromatic carbocycles. The van der Waals surface area contributed by atoms with E-state index in [9.17, 15) is 4.79 Å². The molecule has 1 aliphatic carbocycles. The summed E-state index contributed by atoms with van der Waals surface area (Å²) in [5.41, 5.74) is 2.63. The van der Waals surface area contributed by atoms with Gasteiger partial charge in [0.1, 0.15) is 0 Å². The Balaban J connectivity index is 2.35. The summed E-state index contributed by atoms with van der Waals surface area (Å²) >= 11 is 0. The van der Waals surface area contributed by atoms with Crippen molar-refractivity contribution in [3.05, 3.63) is 23.3 Å². The van der Waals surface area contributed by atoms with E-state index in [0.717, 1.165) is 30.3 Å². The largest absolute Gasteiger partial charge is 0.463 e. The molecule has 0 spiro atoms. The van der Waals surface area contributed by atoms with Gasteiger partial charge in [-0.2, -0.15) is 0 Å². The third kappa shape index (κ3) is 6.93. The summed E-state index contributed by atoms with van der Waals surface area (Å²) in [6.45, 7) is 9.21. The van der Waals surface area contributed by atoms with Gasteiger partial charge in [0.15, 0.2) is 0 Å². The molecule has 0 bridgehead atoms. The molecule has 0 saturated carbocycles. The van der Waals surface area contributed by atoms with E-state index >= 15 is 0 Å². The summed E-state index contributed by atoms with van der Waals surface area (Å²) in [5, 5.41) is 0. The van der Waals surface area contributed by atoms with Crippen LogP contribution in [0.5, 0.6) is 0 Å². The van der Waals surface area contributed by atoms with E-state index in [1.54, 1.807) is 6.08 Å². The Morgan fingerprint density at radius 3 is 2.70 bits per heavy atom. The smallest absolute Gasteiger partial charge is 0.331 e. The summed E-state index contributed by atoms with van der Waals surface area (Å²) in [6.07, 6.45) is 11.1. The Hall–Kier alpha value is -1.05. The third-order valence-corrected chi connectivity index (χ3v) is 3.80. The molecule has 0 radical (unpaired) electrons. The minimum Gasteiger partial charge on any atom is -0.463 e. The minimum atomic E-state index is -0.204. The van der Waals surface area contributed by atoms with Gasteiger partial charge in [-0.15, -0.1) is 0 Å². The van der Waals surface area contributed by atoms with Gasteiger partial charge in [0.25, 0.3) is 0 Å². The van der Waals surface area contributed by atoms with Gasteiger partial charge in [0.05, 0.1) is 6.61 Å². The molecular formula is C18H30O2. The minimum absolute atomic E-state index is 0.204. The highest BCUT2D eigenvalue weighted by molar-refractivity contribution is 5.83. The zero-order valence-corrected chi connectivity index (χ0v) is 13.6. The van der Waals surface area contributed by atoms with Crippen LogP contribution < -0.4 is 0 Å². The lowest BCUT2D eigenvalue weighted by molar-refractivity contribution is -0.137. The highest BCUT2D eigenvalue weighted by Crippen LogP contribution is 2.29. The van der Waals surface area contributed by atoms with E-state index in [2.05, 4.69) is 26.8 Å². The molecule has 20 heavy (non-hydrogen) atoms. The lowest BCUT2D eigenvalue weighted by Crippen LogP contribution is -1.99. The van der Waals surface area contributed by atoms with Gasteiger partial charge in [-0.05, 0) is 43.6 Å². The van der Waals surface area contributed by atoms with Crippen molar-refractivity contribution in [1.82, 2.24) is 0 Å². The lowest BCUT2D eigenvalue weighted by atomic mass is 9.94. The Morgan fingerprint density at radius 2 is 2.05 bits per heavy atom. The van der Waals surface area contributed by atoms with Crippen LogP contribution in [-0.4, -0.2) is 12.6 Å². The van der Waals surface area contributed by atoms with Crippen LogP contribution in [0.3, 0.4) is 0 Å². The maximum Gasteiger partial charge on any atom is 0.331 e. The number of rotatable bonds is 8. The van der Waals surface area contributed by atoms with E-state index in [1.807, 2.05) is 6.92 Å². The van der Waals surface area contributed by atoms with Gasteiger partial charge in [0.2, 0.25) is 0 Å². The molecule has 1 unspecified atom stereocenters. The average molecular weight is 278 g/mol. The van der Waals surface area contributed by atoms with E-state index in [0.29, 0.717) is 6.61 Å². The van der Waals surface area contributed by atoms with E-state index in [4.69, 9.17) is 4.74 Å². The number of carbonyl (C=O) groups excluding carboxylic acids is 1. The highest BCUT2D eigenvalue weighted by atomic mass is 16.5. The standard InChI is InChI=1S/C18H30O2/c1-5-20-18(19)13-17-10-9-16(12-17)11-15(4)8-6-7-14(2)3/h12-15H,5-11H2,1-4H3/b17-13+. The second kappa shape index (κ2) is 8.99. The monoisotopic (exact) mass is 278 g/mol. The number of hydrogen-bond acceptors (Lipinski definition) is 2. The topological polar surface area (TPSA) is 26.3 Å². The normalized spacial score (nSPS) is 18.4. The van der Waals surface area contributed by atoms with Crippen molar-refractivity contribution in [2.75, 3.05) is 6.61 Å². The Kier molecular flexibility index (Phi) is 7.64. The highest BCUT2D eigenvalue weighted by Gasteiger charge is 2.14. The van der Waals surface area contributed by atoms with Crippen LogP contribution in [0.1, 0.15) is 66.2 Å². The van der Waals surface area contributed by atoms with Crippen LogP contribution in [0.25, 0.3) is 0 Å². The molecule has 0 aliphatic heterocycles. The number of hydrogen-bond donors (Lipinski definition) is 0. The van der Waals surface area contributed by atoms with Crippen molar-refractivity contribution in [1.29, 1.82) is 0 Å². The maximum atomic E-state index is 11.4. The van der Waals surface area contributed by atoms with Crippen molar-refractivity contribution < 1.29 is 9.53 Å². The quantitative estimate of drug-likeness (QED) is 0.459. The van der Waals surface area contributed by atoms with Crippen LogP contribution >= 0.6 is 0 Å². The molecule has 0 fully saturated rings. The number of carbonyl (C=O) groups is 1. The van der Waals surface area contributed by atoms with Crippen molar-refractivity contribution >= 4 is 5.97 Å². The fourth-order valence-corrected chi connectivity index (χ4v) is 2.75. The third-order valence-electron chi connectivity index (χ3n) is 3.80. The van der Waals surface area contributed by atoms with Crippen LogP contribution in [0.15, 0.2) is 23.3 Å². The van der Waals surface area contributed by atoms with E-state index < -0.39 is 0 Å². The molecule has 0 amide bonds. The SMILES string of the molecule is CCOC(=O)/C=C1/C=C(CC(C)CCCC(C)C)CC1. The number of ether oxygens (including phenoxy) is 1. The van der Waals surface area contributed by atoms with Crippen LogP contribution in [-0.2, 0) is 9.53 Å². The molecule has 2 heteroatoms. The fourth-order valence-electron chi connectivity index (χ4n) is 2.75. The average Bonchev–Trinajstić information content (AvgIpc) is 2.76. The maximum absolute atomic E-state index is 11.4. The van der Waals surface area contributed by atoms with Crippen LogP contribution in [0, 0.1) is 11.8 Å². The molecule has 0 aromatic rings. The first-order valence-electron chi connectivity index (χ1n) is 8.08. The van der Waals surface area contributed by atoms with Crippen LogP contribution in [0.2, 0.25) is 0 Å².